The third kappa shape index (κ3) is 3.90. The number of hydrogen-bond donors (Lipinski definition) is 1. The Morgan fingerprint density at radius 2 is 1.96 bits per heavy atom. The van der Waals surface area contributed by atoms with Crippen molar-refractivity contribution in [2.45, 2.75) is 17.1 Å². The molecule has 0 fully saturated rings. The van der Waals surface area contributed by atoms with Crippen LogP contribution < -0.4 is 5.32 Å². The summed E-state index contributed by atoms with van der Waals surface area (Å²) in [5, 5.41) is 14.0. The average molecular weight is 327 g/mol. The third-order valence-corrected chi connectivity index (χ3v) is 4.73. The molecule has 0 atom stereocenters. The summed E-state index contributed by atoms with van der Waals surface area (Å²) < 4.78 is 0. The van der Waals surface area contributed by atoms with Gasteiger partial charge in [0.25, 0.3) is 5.69 Å². The Labute approximate surface area is 139 Å². The van der Waals surface area contributed by atoms with Crippen LogP contribution in [0.15, 0.2) is 58.4 Å². The van der Waals surface area contributed by atoms with Gasteiger partial charge in [0.15, 0.2) is 0 Å². The maximum atomic E-state index is 10.7. The number of amidine groups is 1. The lowest BCUT2D eigenvalue weighted by Crippen LogP contribution is -2.30. The highest BCUT2D eigenvalue weighted by atomic mass is 32.2. The summed E-state index contributed by atoms with van der Waals surface area (Å²) in [5.41, 5.74) is 2.31. The van der Waals surface area contributed by atoms with E-state index in [4.69, 9.17) is 0 Å². The molecule has 2 aromatic rings. The smallest absolute Gasteiger partial charge is 0.269 e. The van der Waals surface area contributed by atoms with Crippen LogP contribution in [0.5, 0.6) is 0 Å². The number of hydrogen-bond acceptors (Lipinski definition) is 5. The van der Waals surface area contributed by atoms with Crippen LogP contribution in [0, 0.1) is 10.1 Å². The van der Waals surface area contributed by atoms with Gasteiger partial charge in [-0.2, -0.15) is 0 Å². The van der Waals surface area contributed by atoms with Gasteiger partial charge in [0.2, 0.25) is 0 Å². The van der Waals surface area contributed by atoms with Crippen molar-refractivity contribution in [3.05, 3.63) is 69.8 Å². The molecule has 23 heavy (non-hydrogen) atoms. The number of non-ortho nitro benzene ring substituents is 1. The summed E-state index contributed by atoms with van der Waals surface area (Å²) >= 11 is 1.72. The molecule has 3 rings (SSSR count). The Morgan fingerprint density at radius 1 is 1.17 bits per heavy atom. The van der Waals surface area contributed by atoms with Gasteiger partial charge < -0.3 is 5.32 Å². The summed E-state index contributed by atoms with van der Waals surface area (Å²) in [6.45, 7) is 1.82. The van der Waals surface area contributed by atoms with Crippen molar-refractivity contribution >= 4 is 23.3 Å². The largest absolute Gasteiger partial charge is 0.370 e. The molecule has 5 nitrogen and oxygen atoms in total. The quantitative estimate of drug-likeness (QED) is 0.517. The lowest BCUT2D eigenvalue weighted by atomic mass is 10.2. The van der Waals surface area contributed by atoms with E-state index in [9.17, 15) is 10.1 Å². The molecule has 0 spiro atoms. The summed E-state index contributed by atoms with van der Waals surface area (Å²) in [6, 6.07) is 14.9. The van der Waals surface area contributed by atoms with E-state index < -0.39 is 0 Å². The molecule has 1 aliphatic rings. The minimum absolute atomic E-state index is 0.125. The van der Waals surface area contributed by atoms with Gasteiger partial charge in [0.05, 0.1) is 4.92 Å². The summed E-state index contributed by atoms with van der Waals surface area (Å²) in [4.78, 5) is 16.0. The predicted octanol–water partition coefficient (Wildman–Crippen LogP) is 3.63. The van der Waals surface area contributed by atoms with Crippen LogP contribution >= 0.6 is 11.8 Å². The molecule has 0 aromatic heterocycles. The number of nitrogens with one attached hydrogen (secondary N) is 1. The lowest BCUT2D eigenvalue weighted by molar-refractivity contribution is -0.384. The van der Waals surface area contributed by atoms with E-state index in [1.54, 1.807) is 23.9 Å². The highest BCUT2D eigenvalue weighted by molar-refractivity contribution is 7.98. The average Bonchev–Trinajstić information content (AvgIpc) is 2.61. The van der Waals surface area contributed by atoms with E-state index in [0.717, 1.165) is 42.2 Å². The Kier molecular flexibility index (Phi) is 4.92. The molecule has 0 unspecified atom stereocenters. The minimum Gasteiger partial charge on any atom is -0.370 e. The van der Waals surface area contributed by atoms with Crippen molar-refractivity contribution < 1.29 is 4.92 Å². The highest BCUT2D eigenvalue weighted by Crippen LogP contribution is 2.27. The van der Waals surface area contributed by atoms with Crippen LogP contribution in [0.2, 0.25) is 0 Å². The molecule has 6 heteroatoms. The molecule has 2 aromatic carbocycles. The van der Waals surface area contributed by atoms with Crippen LogP contribution in [0.4, 0.5) is 5.69 Å². The Hall–Kier alpha value is -2.34. The fourth-order valence-corrected chi connectivity index (χ4v) is 3.39. The zero-order valence-corrected chi connectivity index (χ0v) is 13.4. The monoisotopic (exact) mass is 327 g/mol. The zero-order valence-electron chi connectivity index (χ0n) is 12.6. The maximum Gasteiger partial charge on any atom is 0.269 e. The van der Waals surface area contributed by atoms with E-state index in [-0.39, 0.29) is 10.6 Å². The van der Waals surface area contributed by atoms with E-state index in [1.165, 1.54) is 4.90 Å². The second kappa shape index (κ2) is 7.28. The van der Waals surface area contributed by atoms with E-state index >= 15 is 0 Å². The van der Waals surface area contributed by atoms with Crippen LogP contribution in [-0.4, -0.2) is 23.8 Å². The first-order valence-corrected chi connectivity index (χ1v) is 8.46. The SMILES string of the molecule is O=[N+]([O-])c1ccc(CSc2ccccc2C2=NCCCN2)cc1. The van der Waals surface area contributed by atoms with Crippen LogP contribution in [-0.2, 0) is 5.75 Å². The third-order valence-electron chi connectivity index (χ3n) is 3.58. The van der Waals surface area contributed by atoms with Gasteiger partial charge in [0.1, 0.15) is 5.84 Å². The predicted molar refractivity (Wildman–Crippen MR) is 93.1 cm³/mol. The van der Waals surface area contributed by atoms with Crippen molar-refractivity contribution in [1.29, 1.82) is 0 Å². The minimum atomic E-state index is -0.376. The first-order chi connectivity index (χ1) is 11.2. The van der Waals surface area contributed by atoms with Crippen molar-refractivity contribution in [2.75, 3.05) is 13.1 Å². The first-order valence-electron chi connectivity index (χ1n) is 7.48. The number of nitrogens with zero attached hydrogens (tertiary/aromatic N) is 2. The van der Waals surface area contributed by atoms with Gasteiger partial charge in [-0.3, -0.25) is 15.1 Å². The maximum absolute atomic E-state index is 10.7. The number of nitro benzene ring substituents is 1. The standard InChI is InChI=1S/C17H17N3O2S/c21-20(22)14-8-6-13(7-9-14)12-23-16-5-2-1-4-15(16)17-18-10-3-11-19-17/h1-2,4-9H,3,10-12H2,(H,18,19). The highest BCUT2D eigenvalue weighted by Gasteiger charge is 2.12. The number of rotatable bonds is 5. The first kappa shape index (κ1) is 15.6. The van der Waals surface area contributed by atoms with Gasteiger partial charge >= 0.3 is 0 Å². The summed E-state index contributed by atoms with van der Waals surface area (Å²) in [5.74, 6) is 1.73. The van der Waals surface area contributed by atoms with Gasteiger partial charge in [-0.1, -0.05) is 30.3 Å². The molecule has 118 valence electrons. The van der Waals surface area contributed by atoms with Crippen molar-refractivity contribution in [3.8, 4) is 0 Å². The molecule has 1 heterocycles. The molecule has 0 bridgehead atoms. The molecule has 0 radical (unpaired) electrons. The molecular formula is C17H17N3O2S. The van der Waals surface area contributed by atoms with Gasteiger partial charge in [-0.25, -0.2) is 0 Å². The van der Waals surface area contributed by atoms with Gasteiger partial charge in [-0.05, 0) is 18.1 Å². The fourth-order valence-electron chi connectivity index (χ4n) is 2.38. The molecular weight excluding hydrogens is 310 g/mol. The Balaban J connectivity index is 1.73. The van der Waals surface area contributed by atoms with Crippen molar-refractivity contribution in [3.63, 3.8) is 0 Å². The van der Waals surface area contributed by atoms with Crippen LogP contribution in [0.25, 0.3) is 0 Å². The fraction of sp³-hybridized carbons (Fsp3) is 0.235. The van der Waals surface area contributed by atoms with Crippen LogP contribution in [0.3, 0.4) is 0 Å². The molecule has 0 saturated carbocycles. The second-order valence-electron chi connectivity index (χ2n) is 5.22. The van der Waals surface area contributed by atoms with Crippen molar-refractivity contribution in [2.24, 2.45) is 4.99 Å². The Bertz CT molecular complexity index is 729. The Morgan fingerprint density at radius 3 is 2.65 bits per heavy atom. The lowest BCUT2D eigenvalue weighted by Gasteiger charge is -2.17. The molecule has 1 N–H and O–H groups in total. The topological polar surface area (TPSA) is 67.5 Å². The normalized spacial score (nSPS) is 14.0. The van der Waals surface area contributed by atoms with E-state index in [2.05, 4.69) is 22.4 Å². The molecule has 0 amide bonds. The molecule has 1 aliphatic heterocycles. The van der Waals surface area contributed by atoms with Crippen LogP contribution in [0.1, 0.15) is 17.5 Å². The summed E-state index contributed by atoms with van der Waals surface area (Å²) in [6.07, 6.45) is 1.07. The van der Waals surface area contributed by atoms with Gasteiger partial charge in [0, 0.05) is 41.4 Å². The number of aliphatic imine (C=N–C) groups is 1. The number of benzene rings is 2. The second-order valence-corrected chi connectivity index (χ2v) is 6.24. The summed E-state index contributed by atoms with van der Waals surface area (Å²) in [7, 11) is 0. The van der Waals surface area contributed by atoms with Crippen molar-refractivity contribution in [1.82, 2.24) is 5.32 Å². The molecule has 0 saturated heterocycles. The van der Waals surface area contributed by atoms with Gasteiger partial charge in [-0.15, -0.1) is 11.8 Å². The number of thioether (sulfide) groups is 1. The molecule has 0 aliphatic carbocycles. The zero-order chi connectivity index (χ0) is 16.1. The van der Waals surface area contributed by atoms with E-state index in [1.807, 2.05) is 24.3 Å². The van der Waals surface area contributed by atoms with E-state index in [0.29, 0.717) is 0 Å². The number of nitro groups is 1.